The van der Waals surface area contributed by atoms with Gasteiger partial charge in [-0.25, -0.2) is 9.37 Å². The van der Waals surface area contributed by atoms with Gasteiger partial charge in [0.2, 0.25) is 0 Å². The molecule has 0 saturated carbocycles. The predicted octanol–water partition coefficient (Wildman–Crippen LogP) is 5.33. The average molecular weight is 448 g/mol. The van der Waals surface area contributed by atoms with Crippen molar-refractivity contribution in [3.8, 4) is 0 Å². The quantitative estimate of drug-likeness (QED) is 0.512. The third kappa shape index (κ3) is 4.82. The average Bonchev–Trinajstić information content (AvgIpc) is 3.15. The standard InChI is InChI=1S/C23H26FN3OS.ClH/c1-26(2)13-6-14-27(23-25-21-19(24)9-5-10-20(21)29-23)22(28)18-12-11-16-7-3-4-8-17(16)15-18;/h5,9-12,15H,3-4,6-8,13-14H2,1-2H3;1H. The molecular formula is C23H27ClFN3OS. The van der Waals surface area contributed by atoms with Crippen LogP contribution in [0.1, 0.15) is 40.7 Å². The lowest BCUT2D eigenvalue weighted by molar-refractivity contribution is 0.0986. The molecule has 160 valence electrons. The van der Waals surface area contributed by atoms with Crippen LogP contribution in [-0.2, 0) is 12.8 Å². The Morgan fingerprint density at radius 2 is 1.87 bits per heavy atom. The zero-order valence-corrected chi connectivity index (χ0v) is 19.0. The summed E-state index contributed by atoms with van der Waals surface area (Å²) in [5.74, 6) is -0.406. The van der Waals surface area contributed by atoms with E-state index < -0.39 is 0 Å². The number of hydrogen-bond donors (Lipinski definition) is 0. The smallest absolute Gasteiger partial charge is 0.260 e. The van der Waals surface area contributed by atoms with Crippen LogP contribution in [0.3, 0.4) is 0 Å². The lowest BCUT2D eigenvalue weighted by Gasteiger charge is -2.22. The van der Waals surface area contributed by atoms with E-state index in [0.29, 0.717) is 22.8 Å². The first-order chi connectivity index (χ1) is 14.0. The van der Waals surface area contributed by atoms with Crippen LogP contribution in [0.25, 0.3) is 10.2 Å². The zero-order chi connectivity index (χ0) is 20.4. The molecule has 0 fully saturated rings. The molecule has 0 saturated heterocycles. The van der Waals surface area contributed by atoms with Gasteiger partial charge in [0.1, 0.15) is 11.3 Å². The number of benzene rings is 2. The summed E-state index contributed by atoms with van der Waals surface area (Å²) in [6.45, 7) is 1.42. The third-order valence-corrected chi connectivity index (χ3v) is 6.46. The third-order valence-electron chi connectivity index (χ3n) is 5.42. The molecular weight excluding hydrogens is 421 g/mol. The Kier molecular flexibility index (Phi) is 7.45. The molecule has 1 aliphatic carbocycles. The predicted molar refractivity (Wildman–Crippen MR) is 125 cm³/mol. The molecule has 4 rings (SSSR count). The van der Waals surface area contributed by atoms with Crippen LogP contribution in [-0.4, -0.2) is 43.0 Å². The largest absolute Gasteiger partial charge is 0.309 e. The highest BCUT2D eigenvalue weighted by atomic mass is 35.5. The maximum absolute atomic E-state index is 14.2. The number of amides is 1. The lowest BCUT2D eigenvalue weighted by atomic mass is 9.90. The fraction of sp³-hybridized carbons (Fsp3) is 0.391. The molecule has 3 aromatic rings. The minimum absolute atomic E-state index is 0. The monoisotopic (exact) mass is 447 g/mol. The summed E-state index contributed by atoms with van der Waals surface area (Å²) >= 11 is 1.37. The normalized spacial score (nSPS) is 13.2. The van der Waals surface area contributed by atoms with Crippen molar-refractivity contribution in [1.29, 1.82) is 0 Å². The minimum Gasteiger partial charge on any atom is -0.309 e. The van der Waals surface area contributed by atoms with E-state index in [2.05, 4.69) is 16.0 Å². The molecule has 0 unspecified atom stereocenters. The van der Waals surface area contributed by atoms with Crippen LogP contribution in [0.5, 0.6) is 0 Å². The lowest BCUT2D eigenvalue weighted by Crippen LogP contribution is -2.33. The van der Waals surface area contributed by atoms with Gasteiger partial charge in [-0.3, -0.25) is 9.69 Å². The highest BCUT2D eigenvalue weighted by Gasteiger charge is 2.23. The molecule has 4 nitrogen and oxygen atoms in total. The first-order valence-electron chi connectivity index (χ1n) is 10.2. The topological polar surface area (TPSA) is 36.4 Å². The molecule has 0 spiro atoms. The summed E-state index contributed by atoms with van der Waals surface area (Å²) in [5, 5.41) is 0.562. The fourth-order valence-electron chi connectivity index (χ4n) is 3.87. The zero-order valence-electron chi connectivity index (χ0n) is 17.4. The van der Waals surface area contributed by atoms with Crippen molar-refractivity contribution in [3.63, 3.8) is 0 Å². The van der Waals surface area contributed by atoms with E-state index in [1.54, 1.807) is 11.0 Å². The van der Waals surface area contributed by atoms with Crippen molar-refractivity contribution < 1.29 is 9.18 Å². The van der Waals surface area contributed by atoms with Gasteiger partial charge < -0.3 is 4.90 Å². The van der Waals surface area contributed by atoms with Gasteiger partial charge in [0.05, 0.1) is 4.70 Å². The number of aryl methyl sites for hydroxylation is 2. The summed E-state index contributed by atoms with van der Waals surface area (Å²) in [7, 11) is 4.03. The molecule has 0 N–H and O–H groups in total. The number of rotatable bonds is 6. The van der Waals surface area contributed by atoms with Gasteiger partial charge in [-0.15, -0.1) is 12.4 Å². The maximum atomic E-state index is 14.2. The summed E-state index contributed by atoms with van der Waals surface area (Å²) < 4.78 is 14.9. The SMILES string of the molecule is CN(C)CCCN(C(=O)c1ccc2c(c1)CCCC2)c1nc2c(F)cccc2s1.Cl. The van der Waals surface area contributed by atoms with Crippen molar-refractivity contribution in [3.05, 3.63) is 58.9 Å². The minimum atomic E-state index is -0.348. The van der Waals surface area contributed by atoms with Crippen molar-refractivity contribution in [1.82, 2.24) is 9.88 Å². The van der Waals surface area contributed by atoms with Gasteiger partial charge >= 0.3 is 0 Å². The van der Waals surface area contributed by atoms with Gasteiger partial charge in [0, 0.05) is 12.1 Å². The second kappa shape index (κ2) is 9.86. The van der Waals surface area contributed by atoms with Crippen LogP contribution in [0, 0.1) is 5.82 Å². The van der Waals surface area contributed by atoms with Gasteiger partial charge in [-0.1, -0.05) is 23.5 Å². The number of aromatic nitrogens is 1. The number of carbonyl (C=O) groups is 1. The van der Waals surface area contributed by atoms with Gasteiger partial charge in [0.15, 0.2) is 5.13 Å². The molecule has 1 heterocycles. The number of nitrogens with zero attached hydrogens (tertiary/aromatic N) is 3. The van der Waals surface area contributed by atoms with Crippen molar-refractivity contribution >= 4 is 45.0 Å². The number of halogens is 2. The van der Waals surface area contributed by atoms with Gasteiger partial charge in [0.25, 0.3) is 5.91 Å². The molecule has 2 aromatic carbocycles. The van der Waals surface area contributed by atoms with E-state index in [-0.39, 0.29) is 24.1 Å². The molecule has 0 aliphatic heterocycles. The molecule has 30 heavy (non-hydrogen) atoms. The number of fused-ring (bicyclic) bond motifs is 2. The Morgan fingerprint density at radius 1 is 1.10 bits per heavy atom. The van der Waals surface area contributed by atoms with Crippen LogP contribution in [0.2, 0.25) is 0 Å². The Bertz CT molecular complexity index is 1040. The van der Waals surface area contributed by atoms with Crippen LogP contribution in [0.4, 0.5) is 9.52 Å². The van der Waals surface area contributed by atoms with Crippen LogP contribution in [0.15, 0.2) is 36.4 Å². The van der Waals surface area contributed by atoms with Crippen molar-refractivity contribution in [2.75, 3.05) is 32.1 Å². The molecule has 1 amide bonds. The Labute approximate surface area is 187 Å². The maximum Gasteiger partial charge on any atom is 0.260 e. The summed E-state index contributed by atoms with van der Waals surface area (Å²) in [5.41, 5.74) is 3.67. The second-order valence-corrected chi connectivity index (χ2v) is 8.90. The van der Waals surface area contributed by atoms with E-state index in [1.165, 1.54) is 41.4 Å². The van der Waals surface area contributed by atoms with Crippen LogP contribution < -0.4 is 4.90 Å². The number of anilines is 1. The molecule has 0 bridgehead atoms. The summed E-state index contributed by atoms with van der Waals surface area (Å²) in [6.07, 6.45) is 5.33. The van der Waals surface area contributed by atoms with Gasteiger partial charge in [-0.05, 0) is 88.1 Å². The van der Waals surface area contributed by atoms with E-state index in [1.807, 2.05) is 32.3 Å². The Balaban J connectivity index is 0.00000256. The van der Waals surface area contributed by atoms with E-state index in [4.69, 9.17) is 0 Å². The first kappa shape index (κ1) is 22.7. The highest BCUT2D eigenvalue weighted by Crippen LogP contribution is 2.32. The molecule has 0 radical (unpaired) electrons. The molecule has 0 atom stereocenters. The van der Waals surface area contributed by atoms with E-state index >= 15 is 0 Å². The summed E-state index contributed by atoms with van der Waals surface area (Å²) in [6, 6.07) is 11.0. The number of carbonyl (C=O) groups excluding carboxylic acids is 1. The van der Waals surface area contributed by atoms with Crippen molar-refractivity contribution in [2.24, 2.45) is 0 Å². The molecule has 1 aromatic heterocycles. The number of hydrogen-bond acceptors (Lipinski definition) is 4. The highest BCUT2D eigenvalue weighted by molar-refractivity contribution is 7.22. The Morgan fingerprint density at radius 3 is 2.60 bits per heavy atom. The van der Waals surface area contributed by atoms with E-state index in [9.17, 15) is 9.18 Å². The summed E-state index contributed by atoms with van der Waals surface area (Å²) in [4.78, 5) is 21.8. The fourth-order valence-corrected chi connectivity index (χ4v) is 4.87. The van der Waals surface area contributed by atoms with Crippen LogP contribution >= 0.6 is 23.7 Å². The molecule has 7 heteroatoms. The number of para-hydroxylation sites is 1. The second-order valence-electron chi connectivity index (χ2n) is 7.89. The number of thiazole rings is 1. The molecule has 1 aliphatic rings. The van der Waals surface area contributed by atoms with Crippen molar-refractivity contribution in [2.45, 2.75) is 32.1 Å². The first-order valence-corrected chi connectivity index (χ1v) is 11.0. The van der Waals surface area contributed by atoms with E-state index in [0.717, 1.165) is 30.5 Å². The van der Waals surface area contributed by atoms with Gasteiger partial charge in [-0.2, -0.15) is 0 Å². The Hall–Kier alpha value is -2.02.